The summed E-state index contributed by atoms with van der Waals surface area (Å²) in [6, 6.07) is -1.58. The monoisotopic (exact) mass is 903 g/mol. The van der Waals surface area contributed by atoms with Crippen LogP contribution in [0, 0.1) is 11.8 Å². The average Bonchev–Trinajstić information content (AvgIpc) is 3.52. The summed E-state index contributed by atoms with van der Waals surface area (Å²) in [4.78, 5) is 58.7. The van der Waals surface area contributed by atoms with Crippen molar-refractivity contribution < 1.29 is 62.5 Å². The highest BCUT2D eigenvalue weighted by Gasteiger charge is 2.39. The van der Waals surface area contributed by atoms with Crippen molar-refractivity contribution in [2.24, 2.45) is 17.6 Å². The molecule has 0 spiro atoms. The van der Waals surface area contributed by atoms with Gasteiger partial charge in [-0.15, -0.1) is 0 Å². The second-order valence-corrected chi connectivity index (χ2v) is 16.7. The van der Waals surface area contributed by atoms with E-state index in [-0.39, 0.29) is 25.0 Å². The van der Waals surface area contributed by atoms with E-state index in [0.717, 1.165) is 51.4 Å². The number of hydrogen-bond donors (Lipinski definition) is 5. The first-order chi connectivity index (χ1) is 30.3. The van der Waals surface area contributed by atoms with Crippen molar-refractivity contribution in [3.05, 3.63) is 97.2 Å². The lowest BCUT2D eigenvalue weighted by atomic mass is 9.90. The van der Waals surface area contributed by atoms with E-state index in [9.17, 15) is 38.8 Å². The zero-order valence-corrected chi connectivity index (χ0v) is 38.2. The maximum absolute atomic E-state index is 12.7. The van der Waals surface area contributed by atoms with Crippen molar-refractivity contribution in [1.82, 2.24) is 0 Å². The maximum Gasteiger partial charge on any atom is 0.472 e. The number of carboxylic acid groups (broad SMARTS) is 1. The van der Waals surface area contributed by atoms with E-state index in [4.69, 9.17) is 24.8 Å². The summed E-state index contributed by atoms with van der Waals surface area (Å²) in [6.45, 7) is 2.21. The van der Waals surface area contributed by atoms with E-state index >= 15 is 0 Å². The fourth-order valence-corrected chi connectivity index (χ4v) is 6.91. The predicted molar refractivity (Wildman–Crippen MR) is 245 cm³/mol. The van der Waals surface area contributed by atoms with E-state index in [0.29, 0.717) is 38.5 Å². The molecule has 1 fully saturated rings. The largest absolute Gasteiger partial charge is 0.480 e. The van der Waals surface area contributed by atoms with E-state index in [1.165, 1.54) is 0 Å². The second kappa shape index (κ2) is 36.3. The van der Waals surface area contributed by atoms with Gasteiger partial charge in [0.05, 0.1) is 25.4 Å². The van der Waals surface area contributed by atoms with Crippen LogP contribution < -0.4 is 5.73 Å². The number of carbonyl (C=O) groups is 4. The minimum atomic E-state index is -4.82. The van der Waals surface area contributed by atoms with Crippen molar-refractivity contribution in [1.29, 1.82) is 0 Å². The standard InChI is InChI=1S/C48H74NO13P/c1-3-5-7-8-9-10-11-12-13-14-15-16-17-18-19-20-21-22-27-31-46(53)59-36-40(37-60-63(57,58)61-38-43(49)48(55)56)62-47(54)32-28-24-23-26-30-41-42(45(52)35-44(41)51)34-33-39(50)29-25-6-4-2/h5,7,9-10,12-13,15-16,18-19,21-23,26,33-34,39-43,45,50,52H,3-4,6,8,11,14,17,20,24-25,27-32,35-38,49H2,1-2H3,(H,55,56)(H,57,58)/b7-5-,10-9-,13-12-,16-15-,19-18-,22-21-,26-23-,34-33+/t39-,40+,41+,42+,43-,45+/m0/s1. The molecule has 1 aliphatic carbocycles. The molecule has 1 unspecified atom stereocenters. The van der Waals surface area contributed by atoms with Crippen LogP contribution in [0.3, 0.4) is 0 Å². The molecule has 0 radical (unpaired) electrons. The minimum Gasteiger partial charge on any atom is -0.480 e. The zero-order valence-electron chi connectivity index (χ0n) is 37.3. The van der Waals surface area contributed by atoms with Gasteiger partial charge in [0.2, 0.25) is 0 Å². The Morgan fingerprint density at radius 1 is 0.762 bits per heavy atom. The molecule has 0 saturated heterocycles. The third kappa shape index (κ3) is 30.7. The zero-order chi connectivity index (χ0) is 46.6. The topological polar surface area (TPSA) is 229 Å². The number of Topliss-reactive ketones (excluding diaryl/α,β-unsaturated/α-hetero) is 1. The van der Waals surface area contributed by atoms with Gasteiger partial charge >= 0.3 is 25.7 Å². The number of aliphatic hydroxyl groups excluding tert-OH is 2. The molecule has 63 heavy (non-hydrogen) atoms. The van der Waals surface area contributed by atoms with Gasteiger partial charge in [-0.3, -0.25) is 28.2 Å². The van der Waals surface area contributed by atoms with Crippen molar-refractivity contribution in [2.75, 3.05) is 19.8 Å². The van der Waals surface area contributed by atoms with Gasteiger partial charge in [-0.1, -0.05) is 130 Å². The molecule has 14 nitrogen and oxygen atoms in total. The molecule has 0 aromatic carbocycles. The van der Waals surface area contributed by atoms with Gasteiger partial charge in [-0.25, -0.2) is 4.57 Å². The van der Waals surface area contributed by atoms with E-state index in [1.54, 1.807) is 12.2 Å². The van der Waals surface area contributed by atoms with Crippen molar-refractivity contribution in [3.8, 4) is 0 Å². The van der Waals surface area contributed by atoms with Gasteiger partial charge < -0.3 is 35.4 Å². The highest BCUT2D eigenvalue weighted by atomic mass is 31.2. The Morgan fingerprint density at radius 3 is 1.92 bits per heavy atom. The molecular weight excluding hydrogens is 829 g/mol. The molecule has 0 bridgehead atoms. The lowest BCUT2D eigenvalue weighted by molar-refractivity contribution is -0.161. The summed E-state index contributed by atoms with van der Waals surface area (Å²) in [5.74, 6) is -3.59. The van der Waals surface area contributed by atoms with Gasteiger partial charge in [0.25, 0.3) is 0 Å². The molecule has 0 heterocycles. The predicted octanol–water partition coefficient (Wildman–Crippen LogP) is 8.64. The number of hydrogen-bond acceptors (Lipinski definition) is 12. The number of aliphatic carboxylic acids is 1. The number of ether oxygens (including phenoxy) is 2. The number of ketones is 1. The molecule has 1 rings (SSSR count). The highest BCUT2D eigenvalue weighted by Crippen LogP contribution is 2.43. The lowest BCUT2D eigenvalue weighted by Gasteiger charge is -2.20. The van der Waals surface area contributed by atoms with Crippen LogP contribution in [0.2, 0.25) is 0 Å². The van der Waals surface area contributed by atoms with Gasteiger partial charge in [0, 0.05) is 31.1 Å². The van der Waals surface area contributed by atoms with Gasteiger partial charge in [-0.2, -0.15) is 0 Å². The van der Waals surface area contributed by atoms with Gasteiger partial charge in [0.1, 0.15) is 18.4 Å². The number of aliphatic hydroxyl groups is 2. The first-order valence-electron chi connectivity index (χ1n) is 22.4. The third-order valence-electron chi connectivity index (χ3n) is 9.70. The molecule has 6 N–H and O–H groups in total. The van der Waals surface area contributed by atoms with E-state index < -0.39 is 81.7 Å². The van der Waals surface area contributed by atoms with Crippen LogP contribution in [0.5, 0.6) is 0 Å². The van der Waals surface area contributed by atoms with Crippen LogP contribution in [-0.2, 0) is 42.3 Å². The highest BCUT2D eigenvalue weighted by molar-refractivity contribution is 7.47. The van der Waals surface area contributed by atoms with Crippen molar-refractivity contribution in [2.45, 2.75) is 147 Å². The molecule has 0 amide bonds. The Labute approximate surface area is 375 Å². The van der Waals surface area contributed by atoms with Crippen LogP contribution in [0.4, 0.5) is 0 Å². The molecule has 7 atom stereocenters. The summed E-state index contributed by atoms with van der Waals surface area (Å²) in [5, 5.41) is 29.6. The lowest BCUT2D eigenvalue weighted by Crippen LogP contribution is -2.34. The normalized spacial score (nSPS) is 19.8. The minimum absolute atomic E-state index is 0.0359. The number of carbonyl (C=O) groups excluding carboxylic acids is 3. The first kappa shape index (κ1) is 57.0. The van der Waals surface area contributed by atoms with E-state index in [1.807, 2.05) is 30.4 Å². The second-order valence-electron chi connectivity index (χ2n) is 15.2. The van der Waals surface area contributed by atoms with Crippen LogP contribution >= 0.6 is 7.82 Å². The molecule has 354 valence electrons. The molecule has 0 aromatic rings. The Hall–Kier alpha value is -4.01. The molecule has 0 aliphatic heterocycles. The maximum atomic E-state index is 12.7. The summed E-state index contributed by atoms with van der Waals surface area (Å²) < 4.78 is 32.6. The summed E-state index contributed by atoms with van der Waals surface area (Å²) in [5.41, 5.74) is 5.32. The Kier molecular flexibility index (Phi) is 32.9. The third-order valence-corrected chi connectivity index (χ3v) is 10.6. The number of rotatable bonds is 36. The van der Waals surface area contributed by atoms with Crippen LogP contribution in [0.1, 0.15) is 123 Å². The smallest absolute Gasteiger partial charge is 0.472 e. The molecule has 15 heteroatoms. The van der Waals surface area contributed by atoms with E-state index in [2.05, 4.69) is 73.1 Å². The summed E-state index contributed by atoms with van der Waals surface area (Å²) in [7, 11) is -4.82. The number of phosphoric ester groups is 1. The number of unbranched alkanes of at least 4 members (excludes halogenated alkanes) is 3. The Balaban J connectivity index is 2.56. The van der Waals surface area contributed by atoms with Crippen molar-refractivity contribution in [3.63, 3.8) is 0 Å². The number of allylic oxidation sites excluding steroid dienone is 14. The Morgan fingerprint density at radius 2 is 1.33 bits per heavy atom. The van der Waals surface area contributed by atoms with Gasteiger partial charge in [0.15, 0.2) is 6.10 Å². The van der Waals surface area contributed by atoms with Crippen LogP contribution in [0.15, 0.2) is 97.2 Å². The van der Waals surface area contributed by atoms with Gasteiger partial charge in [-0.05, 0) is 70.6 Å². The SMILES string of the molecule is CC/C=C\C/C=C\C/C=C\C/C=C\C/C=C\C/C=C\CCC(=O)OC[C@H](COP(=O)(O)OC[C@H](N)C(=O)O)OC(=O)CCC/C=C\C[C@H]1C(=O)C[C@@H](O)[C@@H]1/C=C/[C@@H](O)CCCCC. The summed E-state index contributed by atoms with van der Waals surface area (Å²) in [6.07, 6.45) is 40.0. The molecular formula is C48H74NO13P. The average molecular weight is 904 g/mol. The molecule has 0 aromatic heterocycles. The number of phosphoric acid groups is 1. The molecule has 1 saturated carbocycles. The van der Waals surface area contributed by atoms with Crippen LogP contribution in [-0.4, -0.2) is 88.1 Å². The molecule has 1 aliphatic rings. The van der Waals surface area contributed by atoms with Crippen LogP contribution in [0.25, 0.3) is 0 Å². The number of carboxylic acids is 1. The van der Waals surface area contributed by atoms with Crippen molar-refractivity contribution >= 4 is 31.5 Å². The Bertz CT molecular complexity index is 1600. The first-order valence-corrected chi connectivity index (χ1v) is 23.9. The quantitative estimate of drug-likeness (QED) is 0.0172. The summed E-state index contributed by atoms with van der Waals surface area (Å²) >= 11 is 0. The fraction of sp³-hybridized carbons (Fsp3) is 0.583. The fourth-order valence-electron chi connectivity index (χ4n) is 6.13. The number of nitrogens with two attached hydrogens (primary N) is 1. The number of esters is 2.